The molecule has 6 nitrogen and oxygen atoms in total. The lowest BCUT2D eigenvalue weighted by molar-refractivity contribution is 0.0941. The summed E-state index contributed by atoms with van der Waals surface area (Å²) in [6.45, 7) is 3.92. The Balaban J connectivity index is 1.86. The SMILES string of the molecule is Cc1cnc(Cn2ccc(C)c(C(=O)NC3C=CCC3)c2=O)cn1. The largest absolute Gasteiger partial charge is 0.346 e. The smallest absolute Gasteiger partial charge is 0.264 e. The van der Waals surface area contributed by atoms with Gasteiger partial charge in [0, 0.05) is 18.4 Å². The Morgan fingerprint density at radius 3 is 2.83 bits per heavy atom. The van der Waals surface area contributed by atoms with Gasteiger partial charge in [-0.15, -0.1) is 0 Å². The number of rotatable bonds is 4. The highest BCUT2D eigenvalue weighted by molar-refractivity contribution is 5.95. The molecule has 1 N–H and O–H groups in total. The third-order valence-corrected chi connectivity index (χ3v) is 4.10. The van der Waals surface area contributed by atoms with Gasteiger partial charge >= 0.3 is 0 Å². The van der Waals surface area contributed by atoms with Gasteiger partial charge in [-0.1, -0.05) is 12.2 Å². The maximum absolute atomic E-state index is 12.7. The maximum atomic E-state index is 12.7. The van der Waals surface area contributed by atoms with E-state index >= 15 is 0 Å². The summed E-state index contributed by atoms with van der Waals surface area (Å²) < 4.78 is 1.49. The molecule has 0 aliphatic heterocycles. The summed E-state index contributed by atoms with van der Waals surface area (Å²) in [4.78, 5) is 33.7. The Labute approximate surface area is 140 Å². The molecule has 2 heterocycles. The van der Waals surface area contributed by atoms with Gasteiger partial charge < -0.3 is 9.88 Å². The van der Waals surface area contributed by atoms with E-state index in [4.69, 9.17) is 0 Å². The number of nitrogens with zero attached hydrogens (tertiary/aromatic N) is 3. The van der Waals surface area contributed by atoms with Crippen LogP contribution in [0.2, 0.25) is 0 Å². The van der Waals surface area contributed by atoms with Crippen LogP contribution in [0.3, 0.4) is 0 Å². The normalized spacial score (nSPS) is 16.3. The van der Waals surface area contributed by atoms with Gasteiger partial charge in [-0.2, -0.15) is 0 Å². The molecule has 124 valence electrons. The molecule has 1 aliphatic rings. The highest BCUT2D eigenvalue weighted by Crippen LogP contribution is 2.10. The molecule has 0 radical (unpaired) electrons. The maximum Gasteiger partial charge on any atom is 0.264 e. The molecule has 0 fully saturated rings. The van der Waals surface area contributed by atoms with E-state index in [-0.39, 0.29) is 29.6 Å². The minimum absolute atomic E-state index is 0.00733. The van der Waals surface area contributed by atoms with Crippen molar-refractivity contribution in [3.63, 3.8) is 0 Å². The molecule has 0 aromatic carbocycles. The third kappa shape index (κ3) is 3.42. The molecule has 3 rings (SSSR count). The second-order valence-electron chi connectivity index (χ2n) is 6.04. The number of carbonyl (C=O) groups is 1. The standard InChI is InChI=1S/C18H20N4O2/c1-12-7-8-22(11-15-10-19-13(2)9-20-15)18(24)16(12)17(23)21-14-5-3-4-6-14/h3,5,7-10,14H,4,6,11H2,1-2H3,(H,21,23). The highest BCUT2D eigenvalue weighted by Gasteiger charge is 2.19. The number of allylic oxidation sites excluding steroid dienone is 1. The second kappa shape index (κ2) is 6.78. The van der Waals surface area contributed by atoms with Crippen molar-refractivity contribution < 1.29 is 4.79 Å². The number of hydrogen-bond acceptors (Lipinski definition) is 4. The molecular weight excluding hydrogens is 304 g/mol. The number of amides is 1. The summed E-state index contributed by atoms with van der Waals surface area (Å²) in [5.41, 5.74) is 2.05. The first-order valence-corrected chi connectivity index (χ1v) is 7.99. The number of aromatic nitrogens is 3. The van der Waals surface area contributed by atoms with Crippen molar-refractivity contribution in [1.29, 1.82) is 0 Å². The van der Waals surface area contributed by atoms with Crippen molar-refractivity contribution in [2.24, 2.45) is 0 Å². The topological polar surface area (TPSA) is 76.9 Å². The van der Waals surface area contributed by atoms with Crippen LogP contribution in [0.4, 0.5) is 0 Å². The lowest BCUT2D eigenvalue weighted by Gasteiger charge is -2.13. The lowest BCUT2D eigenvalue weighted by Crippen LogP contribution is -2.38. The van der Waals surface area contributed by atoms with Crippen LogP contribution in [0.25, 0.3) is 0 Å². The van der Waals surface area contributed by atoms with Crippen LogP contribution in [0, 0.1) is 13.8 Å². The molecule has 0 saturated carbocycles. The molecule has 1 amide bonds. The van der Waals surface area contributed by atoms with Crippen molar-refractivity contribution in [2.45, 2.75) is 39.3 Å². The first-order valence-electron chi connectivity index (χ1n) is 7.99. The monoisotopic (exact) mass is 324 g/mol. The zero-order valence-electron chi connectivity index (χ0n) is 13.8. The number of nitrogens with one attached hydrogen (secondary N) is 1. The average molecular weight is 324 g/mol. The number of hydrogen-bond donors (Lipinski definition) is 1. The van der Waals surface area contributed by atoms with Crippen LogP contribution in [-0.4, -0.2) is 26.5 Å². The molecule has 1 aliphatic carbocycles. The van der Waals surface area contributed by atoms with Crippen molar-refractivity contribution in [1.82, 2.24) is 19.9 Å². The van der Waals surface area contributed by atoms with E-state index in [2.05, 4.69) is 15.3 Å². The fraction of sp³-hybridized carbons (Fsp3) is 0.333. The van der Waals surface area contributed by atoms with Crippen molar-refractivity contribution in [3.8, 4) is 0 Å². The van der Waals surface area contributed by atoms with Gasteiger partial charge in [-0.05, 0) is 38.3 Å². The third-order valence-electron chi connectivity index (χ3n) is 4.10. The van der Waals surface area contributed by atoms with E-state index in [9.17, 15) is 9.59 Å². The van der Waals surface area contributed by atoms with Crippen LogP contribution in [0.1, 0.15) is 40.2 Å². The molecule has 0 bridgehead atoms. The summed E-state index contributed by atoms with van der Waals surface area (Å²) in [5, 5.41) is 2.91. The van der Waals surface area contributed by atoms with E-state index in [1.807, 2.05) is 19.1 Å². The molecule has 1 unspecified atom stereocenters. The number of pyridine rings is 1. The minimum Gasteiger partial charge on any atom is -0.346 e. The summed E-state index contributed by atoms with van der Waals surface area (Å²) in [7, 11) is 0. The summed E-state index contributed by atoms with van der Waals surface area (Å²) in [6, 6.07) is 1.79. The summed E-state index contributed by atoms with van der Waals surface area (Å²) in [6.07, 6.45) is 10.8. The first kappa shape index (κ1) is 16.1. The molecule has 2 aromatic heterocycles. The van der Waals surface area contributed by atoms with Gasteiger partial charge in [0.15, 0.2) is 0 Å². The fourth-order valence-electron chi connectivity index (χ4n) is 2.73. The predicted molar refractivity (Wildman–Crippen MR) is 90.9 cm³/mol. The number of aryl methyl sites for hydroxylation is 2. The Kier molecular flexibility index (Phi) is 4.55. The van der Waals surface area contributed by atoms with E-state index in [1.54, 1.807) is 31.6 Å². The van der Waals surface area contributed by atoms with Crippen molar-refractivity contribution in [2.75, 3.05) is 0 Å². The van der Waals surface area contributed by atoms with Crippen LogP contribution in [-0.2, 0) is 6.54 Å². The Bertz CT molecular complexity index is 837. The Morgan fingerprint density at radius 1 is 1.33 bits per heavy atom. The molecule has 2 aromatic rings. The van der Waals surface area contributed by atoms with E-state index < -0.39 is 0 Å². The molecular formula is C18H20N4O2. The molecule has 1 atom stereocenters. The quantitative estimate of drug-likeness (QED) is 0.869. The Morgan fingerprint density at radius 2 is 2.17 bits per heavy atom. The molecule has 0 spiro atoms. The van der Waals surface area contributed by atoms with Crippen molar-refractivity contribution >= 4 is 5.91 Å². The highest BCUT2D eigenvalue weighted by atomic mass is 16.2. The second-order valence-corrected chi connectivity index (χ2v) is 6.04. The van der Waals surface area contributed by atoms with Crippen molar-refractivity contribution in [3.05, 3.63) is 69.7 Å². The van der Waals surface area contributed by atoms with Crippen LogP contribution in [0.15, 0.2) is 41.6 Å². The zero-order valence-corrected chi connectivity index (χ0v) is 13.8. The van der Waals surface area contributed by atoms with Crippen LogP contribution >= 0.6 is 0 Å². The number of carbonyl (C=O) groups excluding carboxylic acids is 1. The summed E-state index contributed by atoms with van der Waals surface area (Å²) in [5.74, 6) is -0.321. The van der Waals surface area contributed by atoms with Gasteiger partial charge in [0.2, 0.25) is 0 Å². The van der Waals surface area contributed by atoms with Gasteiger partial charge in [-0.3, -0.25) is 19.6 Å². The van der Waals surface area contributed by atoms with Crippen LogP contribution < -0.4 is 10.9 Å². The van der Waals surface area contributed by atoms with E-state index in [0.29, 0.717) is 11.3 Å². The van der Waals surface area contributed by atoms with E-state index in [0.717, 1.165) is 18.5 Å². The zero-order chi connectivity index (χ0) is 17.1. The van der Waals surface area contributed by atoms with Gasteiger partial charge in [0.1, 0.15) is 5.56 Å². The van der Waals surface area contributed by atoms with E-state index in [1.165, 1.54) is 4.57 Å². The summed E-state index contributed by atoms with van der Waals surface area (Å²) >= 11 is 0. The first-order chi connectivity index (χ1) is 11.5. The van der Waals surface area contributed by atoms with Gasteiger partial charge in [0.25, 0.3) is 11.5 Å². The van der Waals surface area contributed by atoms with Gasteiger partial charge in [-0.25, -0.2) is 0 Å². The Hall–Kier alpha value is -2.76. The van der Waals surface area contributed by atoms with Gasteiger partial charge in [0.05, 0.1) is 24.1 Å². The predicted octanol–water partition coefficient (Wildman–Crippen LogP) is 1.75. The average Bonchev–Trinajstić information content (AvgIpc) is 3.05. The molecule has 0 saturated heterocycles. The molecule has 24 heavy (non-hydrogen) atoms. The fourth-order valence-corrected chi connectivity index (χ4v) is 2.73. The lowest BCUT2D eigenvalue weighted by atomic mass is 10.1. The van der Waals surface area contributed by atoms with Crippen LogP contribution in [0.5, 0.6) is 0 Å². The molecule has 6 heteroatoms. The minimum atomic E-state index is -0.321.